The number of benzene rings is 4. The minimum absolute atomic E-state index is 0.0111. The first-order chi connectivity index (χ1) is 43.8. The number of anilines is 2. The number of nitrogens with zero attached hydrogens (tertiary/aromatic N) is 5. The van der Waals surface area contributed by atoms with Gasteiger partial charge in [-0.1, -0.05) is 62.7 Å². The Morgan fingerprint density at radius 1 is 0.780 bits per heavy atom. The molecule has 9 rings (SSSR count). The van der Waals surface area contributed by atoms with Crippen LogP contribution in [-0.2, 0) is 46.5 Å². The molecule has 4 N–H and O–H groups in total. The number of alkyl halides is 1. The minimum Gasteiger partial charge on any atom is -0.492 e. The average molecular weight is 1280 g/mol. The maximum absolute atomic E-state index is 14.4. The van der Waals surface area contributed by atoms with Crippen LogP contribution in [0, 0.1) is 12.8 Å². The molecule has 2 aromatic heterocycles. The number of H-pyrrole nitrogens is 1. The van der Waals surface area contributed by atoms with Crippen molar-refractivity contribution < 1.29 is 57.4 Å². The molecule has 4 aromatic carbocycles. The lowest BCUT2D eigenvalue weighted by Crippen LogP contribution is -2.52. The predicted molar refractivity (Wildman–Crippen MR) is 350 cm³/mol. The Kier molecular flexibility index (Phi) is 23.1. The fourth-order valence-corrected chi connectivity index (χ4v) is 12.8. The second kappa shape index (κ2) is 31.4. The Labute approximate surface area is 538 Å². The summed E-state index contributed by atoms with van der Waals surface area (Å²) in [5.74, 6) is -1.42. The highest BCUT2D eigenvalue weighted by Crippen LogP contribution is 2.49. The number of Topliss-reactive ketones (excluding diaryl/α,β-unsaturated/α-hetero) is 1. The molecule has 1 saturated heterocycles. The monoisotopic (exact) mass is 1280 g/mol. The van der Waals surface area contributed by atoms with E-state index in [4.69, 9.17) is 25.8 Å². The number of thiophene rings is 1. The molecule has 482 valence electrons. The van der Waals surface area contributed by atoms with Crippen LogP contribution in [0.4, 0.5) is 21.0 Å². The summed E-state index contributed by atoms with van der Waals surface area (Å²) in [6.07, 6.45) is 5.49. The first-order valence-electron chi connectivity index (χ1n) is 31.1. The molecule has 0 spiro atoms. The smallest absolute Gasteiger partial charge is 0.415 e. The number of rotatable bonds is 30. The Bertz CT molecular complexity index is 3640. The summed E-state index contributed by atoms with van der Waals surface area (Å²) in [7, 11) is 3.12. The fraction of sp³-hybridized carbons (Fsp3) is 0.426. The highest BCUT2D eigenvalue weighted by atomic mass is 35.5. The van der Waals surface area contributed by atoms with Gasteiger partial charge in [0.1, 0.15) is 30.7 Å². The van der Waals surface area contributed by atoms with Gasteiger partial charge in [-0.15, -0.1) is 22.9 Å². The molecule has 23 heteroatoms. The SMILES string of the molecule is Cc1csc2c(OC(=O)N(C)CCN(C)C(=O)OCc3ccc(NC(=O)CCC(=O)[C@H](CC(C)C)NC(=O)[C@H](Cc4ccccc4)NC(=O)CCCCCN4C(=O)C=CC4=O)cc3)cc3c(c12)[C@H](CCl)CN3C(=O)c1cc2cc(OCCN3CCCC3)ccc2[nH]1. The van der Waals surface area contributed by atoms with E-state index in [-0.39, 0.29) is 99.1 Å². The number of likely N-dealkylation sites (N-methyl/N-ethyl adjacent to an activating group) is 2. The molecule has 0 radical (unpaired) electrons. The van der Waals surface area contributed by atoms with Crippen molar-refractivity contribution in [2.24, 2.45) is 5.92 Å². The number of ketones is 1. The van der Waals surface area contributed by atoms with Gasteiger partial charge >= 0.3 is 12.2 Å². The number of imide groups is 1. The number of aromatic amines is 1. The Hall–Kier alpha value is -8.60. The van der Waals surface area contributed by atoms with Crippen LogP contribution in [0.1, 0.15) is 110 Å². The number of unbranched alkanes of at least 4 members (excludes halogenated alkanes) is 2. The van der Waals surface area contributed by atoms with Crippen molar-refractivity contribution in [2.75, 3.05) is 82.6 Å². The molecule has 6 aromatic rings. The highest BCUT2D eigenvalue weighted by Gasteiger charge is 2.37. The molecule has 1 fully saturated rings. The first kappa shape index (κ1) is 66.8. The molecule has 8 amide bonds. The lowest BCUT2D eigenvalue weighted by atomic mass is 9.96. The zero-order chi connectivity index (χ0) is 64.7. The van der Waals surface area contributed by atoms with E-state index in [0.29, 0.717) is 67.2 Å². The third-order valence-electron chi connectivity index (χ3n) is 16.6. The fourth-order valence-electron chi connectivity index (χ4n) is 11.5. The standard InChI is InChI=1S/C68H80ClN9O12S/c1-43(2)34-52(73-65(84)53(35-45-14-8-6-9-15-45)72-58(80)16-10-7-11-29-77-60(82)25-26-61(77)83)56(79)23-24-59(81)70-49-19-17-46(18-20-49)41-89-67(86)74(4)30-31-75(5)68(87)90-57-38-55-63(62-44(3)42-91-64(57)62)48(39-69)40-78(55)66(85)54-37-47-36-50(21-22-51(47)71-54)88-33-32-76-27-12-13-28-76/h6,8-9,14-15,17-22,25-26,36-38,42-43,48,52-53,71H,7,10-13,16,23-24,27-35,39-41H2,1-5H3,(H,70,81)(H,72,80)(H,73,84)/t48-,52+,53+/m1/s1. The molecule has 3 aliphatic rings. The van der Waals surface area contributed by atoms with Gasteiger partial charge < -0.3 is 49.8 Å². The second-order valence-corrected chi connectivity index (χ2v) is 25.2. The third kappa shape index (κ3) is 17.7. The number of ether oxygens (including phenoxy) is 3. The summed E-state index contributed by atoms with van der Waals surface area (Å²) in [6, 6.07) is 23.3. The summed E-state index contributed by atoms with van der Waals surface area (Å²) >= 11 is 8.06. The van der Waals surface area contributed by atoms with Crippen molar-refractivity contribution in [1.82, 2.24) is 35.2 Å². The van der Waals surface area contributed by atoms with Gasteiger partial charge in [-0.3, -0.25) is 43.4 Å². The predicted octanol–water partition coefficient (Wildman–Crippen LogP) is 9.88. The number of aromatic nitrogens is 1. The van der Waals surface area contributed by atoms with Gasteiger partial charge in [0.25, 0.3) is 17.7 Å². The van der Waals surface area contributed by atoms with E-state index in [1.165, 1.54) is 46.1 Å². The zero-order valence-corrected chi connectivity index (χ0v) is 53.8. The van der Waals surface area contributed by atoms with E-state index in [1.54, 1.807) is 49.3 Å². The Morgan fingerprint density at radius 2 is 1.51 bits per heavy atom. The van der Waals surface area contributed by atoms with Gasteiger partial charge in [0, 0.05) is 124 Å². The summed E-state index contributed by atoms with van der Waals surface area (Å²) in [4.78, 5) is 130. The number of likely N-dealkylation sites (tertiary alicyclic amines) is 1. The van der Waals surface area contributed by atoms with Crippen LogP contribution in [0.3, 0.4) is 0 Å². The van der Waals surface area contributed by atoms with Crippen LogP contribution in [0.5, 0.6) is 11.5 Å². The van der Waals surface area contributed by atoms with Gasteiger partial charge in [0.2, 0.25) is 17.7 Å². The molecule has 3 atom stereocenters. The number of nitrogens with one attached hydrogen (secondary N) is 4. The Balaban J connectivity index is 0.718. The van der Waals surface area contributed by atoms with Gasteiger partial charge in [0.05, 0.1) is 16.4 Å². The molecule has 0 saturated carbocycles. The zero-order valence-electron chi connectivity index (χ0n) is 52.2. The van der Waals surface area contributed by atoms with E-state index in [1.807, 2.05) is 80.7 Å². The van der Waals surface area contributed by atoms with E-state index >= 15 is 0 Å². The van der Waals surface area contributed by atoms with E-state index < -0.39 is 36.1 Å². The van der Waals surface area contributed by atoms with E-state index in [2.05, 4.69) is 25.8 Å². The van der Waals surface area contributed by atoms with Crippen LogP contribution in [0.25, 0.3) is 21.0 Å². The largest absolute Gasteiger partial charge is 0.492 e. The van der Waals surface area contributed by atoms with Crippen molar-refractivity contribution in [1.29, 1.82) is 0 Å². The molecule has 0 aliphatic carbocycles. The highest BCUT2D eigenvalue weighted by molar-refractivity contribution is 7.17. The lowest BCUT2D eigenvalue weighted by Gasteiger charge is -2.24. The van der Waals surface area contributed by atoms with Crippen molar-refractivity contribution in [3.63, 3.8) is 0 Å². The summed E-state index contributed by atoms with van der Waals surface area (Å²) in [5.41, 5.74) is 5.63. The third-order valence-corrected chi connectivity index (χ3v) is 18.1. The molecule has 21 nitrogen and oxygen atoms in total. The van der Waals surface area contributed by atoms with Gasteiger partial charge in [-0.2, -0.15) is 0 Å². The van der Waals surface area contributed by atoms with Gasteiger partial charge in [-0.25, -0.2) is 9.59 Å². The van der Waals surface area contributed by atoms with Crippen molar-refractivity contribution in [3.8, 4) is 11.5 Å². The molecule has 3 aliphatic heterocycles. The molecule has 0 unspecified atom stereocenters. The molecular weight excluding hydrogens is 1200 g/mol. The van der Waals surface area contributed by atoms with Gasteiger partial charge in [0.15, 0.2) is 11.5 Å². The van der Waals surface area contributed by atoms with Crippen molar-refractivity contribution in [3.05, 3.63) is 130 Å². The average Bonchev–Trinajstić information content (AvgIpc) is 1.59. The molecule has 5 heterocycles. The number of carbonyl (C=O) groups is 9. The maximum atomic E-state index is 14.4. The van der Waals surface area contributed by atoms with Crippen LogP contribution >= 0.6 is 22.9 Å². The molecule has 0 bridgehead atoms. The molecular formula is C68H80ClN9O12S. The summed E-state index contributed by atoms with van der Waals surface area (Å²) in [6.45, 7) is 10.2. The normalized spacial score (nSPS) is 15.3. The number of hydrogen-bond acceptors (Lipinski definition) is 14. The maximum Gasteiger partial charge on any atom is 0.415 e. The van der Waals surface area contributed by atoms with E-state index in [0.717, 1.165) is 68.0 Å². The quantitative estimate of drug-likeness (QED) is 0.0186. The number of hydrogen-bond donors (Lipinski definition) is 4. The summed E-state index contributed by atoms with van der Waals surface area (Å²) < 4.78 is 18.5. The Morgan fingerprint density at radius 3 is 2.22 bits per heavy atom. The molecule has 91 heavy (non-hydrogen) atoms. The minimum atomic E-state index is -0.986. The van der Waals surface area contributed by atoms with Crippen LogP contribution in [0.15, 0.2) is 102 Å². The number of aryl methyl sites for hydroxylation is 1. The van der Waals surface area contributed by atoms with Crippen LogP contribution < -0.4 is 30.3 Å². The lowest BCUT2D eigenvalue weighted by molar-refractivity contribution is -0.137. The number of fused-ring (bicyclic) bond motifs is 4. The van der Waals surface area contributed by atoms with Crippen molar-refractivity contribution >= 4 is 109 Å². The van der Waals surface area contributed by atoms with Crippen LogP contribution in [0.2, 0.25) is 0 Å². The first-order valence-corrected chi connectivity index (χ1v) is 32.5. The number of carbonyl (C=O) groups excluding carboxylic acids is 9. The summed E-state index contributed by atoms with van der Waals surface area (Å²) in [5, 5.41) is 12.3. The van der Waals surface area contributed by atoms with Gasteiger partial charge in [-0.05, 0) is 122 Å². The second-order valence-electron chi connectivity index (χ2n) is 24.0. The van der Waals surface area contributed by atoms with E-state index in [9.17, 15) is 43.2 Å². The number of halogens is 1. The topological polar surface area (TPSA) is 249 Å². The van der Waals surface area contributed by atoms with Crippen LogP contribution in [-0.4, -0.2) is 162 Å². The number of amides is 8. The van der Waals surface area contributed by atoms with Crippen molar-refractivity contribution in [2.45, 2.75) is 110 Å².